The van der Waals surface area contributed by atoms with Crippen LogP contribution < -0.4 is 5.73 Å². The normalized spacial score (nSPS) is 12.0. The van der Waals surface area contributed by atoms with E-state index in [0.717, 1.165) is 6.20 Å². The van der Waals surface area contributed by atoms with Crippen molar-refractivity contribution in [1.29, 1.82) is 0 Å². The number of rotatable bonds is 2. The van der Waals surface area contributed by atoms with Crippen molar-refractivity contribution in [1.82, 2.24) is 5.16 Å². The van der Waals surface area contributed by atoms with Gasteiger partial charge in [0.25, 0.3) is 5.92 Å². The molecule has 0 spiro atoms. The van der Waals surface area contributed by atoms with E-state index in [-0.39, 0.29) is 11.3 Å². The van der Waals surface area contributed by atoms with Crippen LogP contribution in [0.3, 0.4) is 0 Å². The highest BCUT2D eigenvalue weighted by atomic mass is 19.3. The van der Waals surface area contributed by atoms with E-state index in [2.05, 4.69) is 9.68 Å². The molecule has 62 valence electrons. The lowest BCUT2D eigenvalue weighted by Crippen LogP contribution is -2.25. The number of hydrogen-bond acceptors (Lipinski definition) is 3. The van der Waals surface area contributed by atoms with Crippen LogP contribution in [0.25, 0.3) is 0 Å². The average molecular weight is 162 g/mol. The van der Waals surface area contributed by atoms with Gasteiger partial charge in [-0.05, 0) is 6.92 Å². The second-order valence-electron chi connectivity index (χ2n) is 2.20. The predicted octanol–water partition coefficient (Wildman–Crippen LogP) is 1.03. The summed E-state index contributed by atoms with van der Waals surface area (Å²) in [6, 6.07) is 0. The van der Waals surface area contributed by atoms with Gasteiger partial charge in [-0.1, -0.05) is 5.16 Å². The van der Waals surface area contributed by atoms with Crippen LogP contribution in [-0.4, -0.2) is 11.7 Å². The molecule has 0 fully saturated rings. The Kier molecular flexibility index (Phi) is 1.90. The molecule has 1 aromatic rings. The van der Waals surface area contributed by atoms with Gasteiger partial charge in [0.1, 0.15) is 5.76 Å². The molecule has 1 rings (SSSR count). The summed E-state index contributed by atoms with van der Waals surface area (Å²) in [7, 11) is 0. The summed E-state index contributed by atoms with van der Waals surface area (Å²) in [5.74, 6) is -2.91. The first-order valence-corrected chi connectivity index (χ1v) is 3.07. The molecular weight excluding hydrogens is 154 g/mol. The Hall–Kier alpha value is -0.970. The van der Waals surface area contributed by atoms with E-state index in [4.69, 9.17) is 5.73 Å². The standard InChI is InChI=1S/C6H8F2N2O/c1-4-5(2-10-11-4)6(7,8)3-9/h2H,3,9H2,1H3. The highest BCUT2D eigenvalue weighted by Gasteiger charge is 2.33. The molecule has 0 bridgehead atoms. The van der Waals surface area contributed by atoms with Crippen LogP contribution in [0.15, 0.2) is 10.7 Å². The summed E-state index contributed by atoms with van der Waals surface area (Å²) in [6.07, 6.45) is 0.988. The Balaban J connectivity index is 3.00. The number of alkyl halides is 2. The molecule has 0 aliphatic rings. The zero-order chi connectivity index (χ0) is 8.48. The maximum absolute atomic E-state index is 12.8. The molecule has 0 saturated carbocycles. The van der Waals surface area contributed by atoms with Crippen LogP contribution in [0.4, 0.5) is 8.78 Å². The second kappa shape index (κ2) is 2.58. The largest absolute Gasteiger partial charge is 0.361 e. The Morgan fingerprint density at radius 2 is 2.36 bits per heavy atom. The molecular formula is C6H8F2N2O. The van der Waals surface area contributed by atoms with Crippen LogP contribution >= 0.6 is 0 Å². The first kappa shape index (κ1) is 8.13. The predicted molar refractivity (Wildman–Crippen MR) is 34.2 cm³/mol. The van der Waals surface area contributed by atoms with Gasteiger partial charge in [0, 0.05) is 0 Å². The minimum atomic E-state index is -3.02. The molecule has 0 radical (unpaired) electrons. The lowest BCUT2D eigenvalue weighted by Gasteiger charge is -2.10. The second-order valence-corrected chi connectivity index (χ2v) is 2.20. The molecule has 11 heavy (non-hydrogen) atoms. The molecule has 0 aliphatic carbocycles. The van der Waals surface area contributed by atoms with Crippen LogP contribution in [0, 0.1) is 6.92 Å². The van der Waals surface area contributed by atoms with Gasteiger partial charge < -0.3 is 10.3 Å². The summed E-state index contributed by atoms with van der Waals surface area (Å²) in [6.45, 7) is 0.695. The van der Waals surface area contributed by atoms with Crippen LogP contribution in [0.5, 0.6) is 0 Å². The molecule has 1 aromatic heterocycles. The topological polar surface area (TPSA) is 52.0 Å². The van der Waals surface area contributed by atoms with Gasteiger partial charge in [0.05, 0.1) is 18.3 Å². The molecule has 0 unspecified atom stereocenters. The van der Waals surface area contributed by atoms with Gasteiger partial charge in [-0.3, -0.25) is 0 Å². The van der Waals surface area contributed by atoms with Crippen molar-refractivity contribution in [2.75, 3.05) is 6.54 Å². The first-order valence-electron chi connectivity index (χ1n) is 3.07. The molecule has 1 heterocycles. The monoisotopic (exact) mass is 162 g/mol. The van der Waals surface area contributed by atoms with Gasteiger partial charge in [-0.25, -0.2) is 0 Å². The van der Waals surface area contributed by atoms with E-state index in [0.29, 0.717) is 0 Å². The van der Waals surface area contributed by atoms with Crippen molar-refractivity contribution in [3.05, 3.63) is 17.5 Å². The third kappa shape index (κ3) is 1.37. The van der Waals surface area contributed by atoms with Crippen molar-refractivity contribution in [2.45, 2.75) is 12.8 Å². The number of aryl methyl sites for hydroxylation is 1. The van der Waals surface area contributed by atoms with E-state index in [1.807, 2.05) is 0 Å². The Bertz CT molecular complexity index is 246. The summed E-state index contributed by atoms with van der Waals surface area (Å²) in [5.41, 5.74) is 4.61. The Morgan fingerprint density at radius 1 is 1.73 bits per heavy atom. The van der Waals surface area contributed by atoms with Crippen molar-refractivity contribution in [3.63, 3.8) is 0 Å². The lowest BCUT2D eigenvalue weighted by molar-refractivity contribution is 0.00456. The zero-order valence-corrected chi connectivity index (χ0v) is 5.97. The van der Waals surface area contributed by atoms with Gasteiger partial charge in [-0.15, -0.1) is 0 Å². The summed E-state index contributed by atoms with van der Waals surface area (Å²) in [4.78, 5) is 0. The van der Waals surface area contributed by atoms with Crippen molar-refractivity contribution >= 4 is 0 Å². The number of hydrogen-bond donors (Lipinski definition) is 1. The molecule has 0 aromatic carbocycles. The molecule has 2 N–H and O–H groups in total. The fraction of sp³-hybridized carbons (Fsp3) is 0.500. The third-order valence-corrected chi connectivity index (χ3v) is 1.40. The van der Waals surface area contributed by atoms with Crippen molar-refractivity contribution in [3.8, 4) is 0 Å². The maximum Gasteiger partial charge on any atom is 0.290 e. The van der Waals surface area contributed by atoms with Gasteiger partial charge in [0.15, 0.2) is 0 Å². The van der Waals surface area contributed by atoms with E-state index in [1.165, 1.54) is 6.92 Å². The quantitative estimate of drug-likeness (QED) is 0.706. The van der Waals surface area contributed by atoms with E-state index >= 15 is 0 Å². The van der Waals surface area contributed by atoms with E-state index in [1.54, 1.807) is 0 Å². The average Bonchev–Trinajstić information content (AvgIpc) is 2.36. The number of nitrogens with two attached hydrogens (primary N) is 1. The smallest absolute Gasteiger partial charge is 0.290 e. The van der Waals surface area contributed by atoms with Gasteiger partial charge in [0.2, 0.25) is 0 Å². The van der Waals surface area contributed by atoms with E-state index in [9.17, 15) is 8.78 Å². The maximum atomic E-state index is 12.8. The highest BCUT2D eigenvalue weighted by Crippen LogP contribution is 2.28. The molecule has 0 aliphatic heterocycles. The molecule has 3 nitrogen and oxygen atoms in total. The summed E-state index contributed by atoms with van der Waals surface area (Å²) in [5, 5.41) is 3.23. The fourth-order valence-electron chi connectivity index (χ4n) is 0.760. The summed E-state index contributed by atoms with van der Waals surface area (Å²) >= 11 is 0. The minimum absolute atomic E-state index is 0.112. The molecule has 0 saturated heterocycles. The van der Waals surface area contributed by atoms with Gasteiger partial charge >= 0.3 is 0 Å². The number of nitrogens with zero attached hydrogens (tertiary/aromatic N) is 1. The number of halogens is 2. The fourth-order valence-corrected chi connectivity index (χ4v) is 0.760. The Morgan fingerprint density at radius 3 is 2.73 bits per heavy atom. The van der Waals surface area contributed by atoms with Gasteiger partial charge in [-0.2, -0.15) is 8.78 Å². The van der Waals surface area contributed by atoms with Crippen LogP contribution in [0.1, 0.15) is 11.3 Å². The lowest BCUT2D eigenvalue weighted by atomic mass is 10.1. The molecule has 0 amide bonds. The number of aromatic nitrogens is 1. The first-order chi connectivity index (χ1) is 5.08. The SMILES string of the molecule is Cc1oncc1C(F)(F)CN. The van der Waals surface area contributed by atoms with Crippen molar-refractivity contribution < 1.29 is 13.3 Å². The van der Waals surface area contributed by atoms with Crippen molar-refractivity contribution in [2.24, 2.45) is 5.73 Å². The highest BCUT2D eigenvalue weighted by molar-refractivity contribution is 5.18. The molecule has 0 atom stereocenters. The zero-order valence-electron chi connectivity index (χ0n) is 5.97. The molecule has 5 heteroatoms. The third-order valence-electron chi connectivity index (χ3n) is 1.40. The minimum Gasteiger partial charge on any atom is -0.361 e. The Labute approximate surface area is 62.2 Å². The van der Waals surface area contributed by atoms with Crippen LogP contribution in [-0.2, 0) is 5.92 Å². The van der Waals surface area contributed by atoms with E-state index < -0.39 is 12.5 Å². The summed E-state index contributed by atoms with van der Waals surface area (Å²) < 4.78 is 30.0. The van der Waals surface area contributed by atoms with Crippen LogP contribution in [0.2, 0.25) is 0 Å².